The summed E-state index contributed by atoms with van der Waals surface area (Å²) < 4.78 is 23.5. The molecule has 0 radical (unpaired) electrons. The molecule has 1 aromatic heterocycles. The van der Waals surface area contributed by atoms with Gasteiger partial charge in [0.2, 0.25) is 5.95 Å². The van der Waals surface area contributed by atoms with Gasteiger partial charge in [-0.15, -0.1) is 0 Å². The molecule has 26 heavy (non-hydrogen) atoms. The molecule has 0 bridgehead atoms. The summed E-state index contributed by atoms with van der Waals surface area (Å²) in [7, 11) is 3.21. The molecule has 3 aromatic rings. The van der Waals surface area contributed by atoms with E-state index in [-0.39, 0.29) is 5.82 Å². The number of aromatic nitrogens is 2. The third-order valence-electron chi connectivity index (χ3n) is 3.68. The zero-order valence-electron chi connectivity index (χ0n) is 14.5. The van der Waals surface area contributed by atoms with E-state index in [9.17, 15) is 4.39 Å². The van der Waals surface area contributed by atoms with E-state index in [4.69, 9.17) is 9.47 Å². The molecule has 3 rings (SSSR count). The summed E-state index contributed by atoms with van der Waals surface area (Å²) in [6, 6.07) is 13.5. The van der Waals surface area contributed by atoms with E-state index >= 15 is 0 Å². The summed E-state index contributed by atoms with van der Waals surface area (Å²) in [5.41, 5.74) is 1.73. The van der Waals surface area contributed by atoms with Crippen molar-refractivity contribution in [3.63, 3.8) is 0 Å². The van der Waals surface area contributed by atoms with Crippen LogP contribution in [0.4, 0.5) is 21.8 Å². The molecule has 0 fully saturated rings. The number of anilines is 3. The van der Waals surface area contributed by atoms with Crippen molar-refractivity contribution >= 4 is 17.5 Å². The van der Waals surface area contributed by atoms with Gasteiger partial charge in [-0.25, -0.2) is 9.37 Å². The van der Waals surface area contributed by atoms with Gasteiger partial charge in [-0.3, -0.25) is 0 Å². The summed E-state index contributed by atoms with van der Waals surface area (Å²) in [6.07, 6.45) is 1.65. The minimum absolute atomic E-state index is 0.290. The molecule has 6 nitrogen and oxygen atoms in total. The highest BCUT2D eigenvalue weighted by atomic mass is 19.1. The SMILES string of the molecule is COc1ccc(CNc2ccnc(Nc3ccc(F)cc3)n2)cc1OC. The number of methoxy groups -OCH3 is 2. The standard InChI is InChI=1S/C19H19FN4O2/c1-25-16-8-3-13(11-17(16)26-2)12-22-18-9-10-21-19(24-18)23-15-6-4-14(20)5-7-15/h3-11H,12H2,1-2H3,(H2,21,22,23,24). The van der Waals surface area contributed by atoms with Crippen molar-refractivity contribution in [1.82, 2.24) is 9.97 Å². The summed E-state index contributed by atoms with van der Waals surface area (Å²) >= 11 is 0. The lowest BCUT2D eigenvalue weighted by Crippen LogP contribution is -2.04. The van der Waals surface area contributed by atoms with E-state index in [0.29, 0.717) is 35.5 Å². The second-order valence-corrected chi connectivity index (χ2v) is 5.44. The molecule has 0 amide bonds. The van der Waals surface area contributed by atoms with Crippen LogP contribution in [-0.2, 0) is 6.54 Å². The van der Waals surface area contributed by atoms with Gasteiger partial charge in [-0.2, -0.15) is 4.98 Å². The van der Waals surface area contributed by atoms with Gasteiger partial charge in [0.25, 0.3) is 0 Å². The average molecular weight is 354 g/mol. The largest absolute Gasteiger partial charge is 0.493 e. The Morgan fingerprint density at radius 2 is 1.73 bits per heavy atom. The van der Waals surface area contributed by atoms with Crippen LogP contribution in [0.3, 0.4) is 0 Å². The van der Waals surface area contributed by atoms with Crippen molar-refractivity contribution in [1.29, 1.82) is 0 Å². The zero-order chi connectivity index (χ0) is 18.4. The number of rotatable bonds is 7. The molecule has 2 N–H and O–H groups in total. The molecule has 2 aromatic carbocycles. The third kappa shape index (κ3) is 4.38. The van der Waals surface area contributed by atoms with Crippen molar-refractivity contribution in [2.75, 3.05) is 24.9 Å². The van der Waals surface area contributed by atoms with E-state index in [1.54, 1.807) is 38.6 Å². The van der Waals surface area contributed by atoms with Crippen LogP contribution < -0.4 is 20.1 Å². The third-order valence-corrected chi connectivity index (χ3v) is 3.68. The summed E-state index contributed by atoms with van der Waals surface area (Å²) in [5.74, 6) is 2.16. The first-order chi connectivity index (χ1) is 12.7. The molecule has 0 unspecified atom stereocenters. The lowest BCUT2D eigenvalue weighted by Gasteiger charge is -2.11. The predicted molar refractivity (Wildman–Crippen MR) is 98.6 cm³/mol. The van der Waals surface area contributed by atoms with Crippen molar-refractivity contribution in [2.24, 2.45) is 0 Å². The van der Waals surface area contributed by atoms with Crippen LogP contribution in [0.15, 0.2) is 54.7 Å². The maximum atomic E-state index is 13.0. The van der Waals surface area contributed by atoms with Crippen LogP contribution >= 0.6 is 0 Å². The number of benzene rings is 2. The van der Waals surface area contributed by atoms with Gasteiger partial charge in [0.15, 0.2) is 11.5 Å². The van der Waals surface area contributed by atoms with Gasteiger partial charge in [-0.1, -0.05) is 6.07 Å². The Balaban J connectivity index is 1.66. The molecule has 0 aliphatic carbocycles. The summed E-state index contributed by atoms with van der Waals surface area (Å²) in [6.45, 7) is 0.563. The van der Waals surface area contributed by atoms with Gasteiger partial charge in [0, 0.05) is 18.4 Å². The Morgan fingerprint density at radius 1 is 0.962 bits per heavy atom. The normalized spacial score (nSPS) is 10.3. The van der Waals surface area contributed by atoms with E-state index in [1.165, 1.54) is 12.1 Å². The highest BCUT2D eigenvalue weighted by Gasteiger charge is 2.05. The maximum absolute atomic E-state index is 13.0. The molecule has 0 aliphatic rings. The Morgan fingerprint density at radius 3 is 2.46 bits per heavy atom. The lowest BCUT2D eigenvalue weighted by molar-refractivity contribution is 0.354. The Kier molecular flexibility index (Phi) is 5.48. The molecule has 0 saturated heterocycles. The molecule has 134 valence electrons. The fourth-order valence-electron chi connectivity index (χ4n) is 2.36. The van der Waals surface area contributed by atoms with Crippen LogP contribution in [-0.4, -0.2) is 24.2 Å². The monoisotopic (exact) mass is 354 g/mol. The van der Waals surface area contributed by atoms with Gasteiger partial charge >= 0.3 is 0 Å². The van der Waals surface area contributed by atoms with E-state index in [1.807, 2.05) is 18.2 Å². The first-order valence-electron chi connectivity index (χ1n) is 7.98. The number of nitrogens with zero attached hydrogens (tertiary/aromatic N) is 2. The lowest BCUT2D eigenvalue weighted by atomic mass is 10.2. The second-order valence-electron chi connectivity index (χ2n) is 5.44. The van der Waals surface area contributed by atoms with Crippen molar-refractivity contribution in [2.45, 2.75) is 6.54 Å². The molecular weight excluding hydrogens is 335 g/mol. The van der Waals surface area contributed by atoms with Crippen LogP contribution in [0.1, 0.15) is 5.56 Å². The fourth-order valence-corrected chi connectivity index (χ4v) is 2.36. The number of ether oxygens (including phenoxy) is 2. The summed E-state index contributed by atoms with van der Waals surface area (Å²) in [5, 5.41) is 6.28. The highest BCUT2D eigenvalue weighted by Crippen LogP contribution is 2.27. The number of hydrogen-bond acceptors (Lipinski definition) is 6. The second kappa shape index (κ2) is 8.15. The Hall–Kier alpha value is -3.35. The van der Waals surface area contributed by atoms with Crippen LogP contribution in [0.2, 0.25) is 0 Å². The minimum Gasteiger partial charge on any atom is -0.493 e. The van der Waals surface area contributed by atoms with E-state index in [0.717, 1.165) is 5.56 Å². The highest BCUT2D eigenvalue weighted by molar-refractivity contribution is 5.54. The fraction of sp³-hybridized carbons (Fsp3) is 0.158. The van der Waals surface area contributed by atoms with Gasteiger partial charge in [0.05, 0.1) is 14.2 Å². The molecule has 0 atom stereocenters. The zero-order valence-corrected chi connectivity index (χ0v) is 14.5. The number of nitrogens with one attached hydrogen (secondary N) is 2. The first-order valence-corrected chi connectivity index (χ1v) is 7.98. The molecular formula is C19H19FN4O2. The predicted octanol–water partition coefficient (Wildman–Crippen LogP) is 3.99. The Bertz CT molecular complexity index is 872. The van der Waals surface area contributed by atoms with Gasteiger partial charge in [-0.05, 0) is 48.0 Å². The van der Waals surface area contributed by atoms with Gasteiger partial charge < -0.3 is 20.1 Å². The topological polar surface area (TPSA) is 68.3 Å². The Labute approximate surface area is 151 Å². The first kappa shape index (κ1) is 17.5. The number of halogens is 1. The molecule has 7 heteroatoms. The maximum Gasteiger partial charge on any atom is 0.229 e. The van der Waals surface area contributed by atoms with Crippen molar-refractivity contribution in [3.8, 4) is 11.5 Å². The van der Waals surface area contributed by atoms with E-state index < -0.39 is 0 Å². The van der Waals surface area contributed by atoms with E-state index in [2.05, 4.69) is 20.6 Å². The van der Waals surface area contributed by atoms with Crippen molar-refractivity contribution < 1.29 is 13.9 Å². The summed E-state index contributed by atoms with van der Waals surface area (Å²) in [4.78, 5) is 8.57. The minimum atomic E-state index is -0.290. The van der Waals surface area contributed by atoms with Crippen molar-refractivity contribution in [3.05, 3.63) is 66.1 Å². The van der Waals surface area contributed by atoms with Gasteiger partial charge in [0.1, 0.15) is 11.6 Å². The average Bonchev–Trinajstić information content (AvgIpc) is 2.68. The van der Waals surface area contributed by atoms with Crippen LogP contribution in [0.25, 0.3) is 0 Å². The van der Waals surface area contributed by atoms with Crippen LogP contribution in [0, 0.1) is 5.82 Å². The number of hydrogen-bond donors (Lipinski definition) is 2. The quantitative estimate of drug-likeness (QED) is 0.669. The smallest absolute Gasteiger partial charge is 0.229 e. The van der Waals surface area contributed by atoms with Crippen LogP contribution in [0.5, 0.6) is 11.5 Å². The molecule has 1 heterocycles. The molecule has 0 spiro atoms. The molecule has 0 saturated carbocycles. The molecule has 0 aliphatic heterocycles.